The van der Waals surface area contributed by atoms with Crippen molar-refractivity contribution in [3.8, 4) is 22.1 Å². The maximum absolute atomic E-state index is 10.7. The Bertz CT molecular complexity index is 624. The molecule has 0 bridgehead atoms. The number of carboxylic acids is 1. The Morgan fingerprint density at radius 3 is 2.86 bits per heavy atom. The number of rotatable bonds is 7. The number of carbonyl (C=O) groups is 1. The van der Waals surface area contributed by atoms with Crippen molar-refractivity contribution in [2.75, 3.05) is 13.7 Å². The third-order valence-electron chi connectivity index (χ3n) is 2.75. The number of aromatic nitrogens is 1. The van der Waals surface area contributed by atoms with Crippen molar-refractivity contribution in [3.63, 3.8) is 0 Å². The summed E-state index contributed by atoms with van der Waals surface area (Å²) in [5, 5.41) is 9.56. The molecule has 0 aliphatic heterocycles. The first kappa shape index (κ1) is 15.3. The van der Waals surface area contributed by atoms with E-state index >= 15 is 0 Å². The van der Waals surface area contributed by atoms with Crippen LogP contribution in [0.3, 0.4) is 0 Å². The number of hydrogen-bond acceptors (Lipinski definition) is 5. The van der Waals surface area contributed by atoms with E-state index in [2.05, 4.69) is 4.98 Å². The van der Waals surface area contributed by atoms with E-state index in [-0.39, 0.29) is 6.42 Å². The van der Waals surface area contributed by atoms with E-state index in [1.54, 1.807) is 13.3 Å². The predicted molar refractivity (Wildman–Crippen MR) is 81.2 cm³/mol. The molecule has 0 aliphatic carbocycles. The van der Waals surface area contributed by atoms with Crippen molar-refractivity contribution >= 4 is 17.3 Å². The second-order valence-corrected chi connectivity index (χ2v) is 5.53. The van der Waals surface area contributed by atoms with Gasteiger partial charge in [0.1, 0.15) is 5.01 Å². The van der Waals surface area contributed by atoms with E-state index in [1.165, 1.54) is 11.3 Å². The monoisotopic (exact) mass is 307 g/mol. The van der Waals surface area contributed by atoms with E-state index < -0.39 is 5.97 Å². The van der Waals surface area contributed by atoms with Crippen molar-refractivity contribution in [1.82, 2.24) is 4.98 Å². The van der Waals surface area contributed by atoms with E-state index in [9.17, 15) is 4.79 Å². The van der Waals surface area contributed by atoms with Crippen LogP contribution in [0.4, 0.5) is 0 Å². The van der Waals surface area contributed by atoms with Crippen LogP contribution in [0.2, 0.25) is 0 Å². The van der Waals surface area contributed by atoms with E-state index in [1.807, 2.05) is 25.1 Å². The molecule has 0 unspecified atom stereocenters. The van der Waals surface area contributed by atoms with Gasteiger partial charge in [-0.3, -0.25) is 4.79 Å². The lowest BCUT2D eigenvalue weighted by molar-refractivity contribution is -0.136. The van der Waals surface area contributed by atoms with Crippen LogP contribution in [0.5, 0.6) is 11.5 Å². The lowest BCUT2D eigenvalue weighted by atomic mass is 10.2. The minimum Gasteiger partial charge on any atom is -0.493 e. The van der Waals surface area contributed by atoms with Gasteiger partial charge in [0.15, 0.2) is 11.5 Å². The molecule has 2 rings (SSSR count). The zero-order valence-corrected chi connectivity index (χ0v) is 12.8. The van der Waals surface area contributed by atoms with Gasteiger partial charge in [-0.1, -0.05) is 6.92 Å². The number of benzene rings is 1. The SMILES string of the molecule is CCCOc1ccc(-c2ncc(CC(=O)O)s2)cc1OC. The van der Waals surface area contributed by atoms with Gasteiger partial charge in [0.2, 0.25) is 0 Å². The average molecular weight is 307 g/mol. The van der Waals surface area contributed by atoms with Crippen LogP contribution < -0.4 is 9.47 Å². The Morgan fingerprint density at radius 2 is 2.19 bits per heavy atom. The first-order valence-corrected chi connectivity index (χ1v) is 7.43. The van der Waals surface area contributed by atoms with Crippen molar-refractivity contribution in [2.45, 2.75) is 19.8 Å². The summed E-state index contributed by atoms with van der Waals surface area (Å²) in [6, 6.07) is 5.60. The Balaban J connectivity index is 2.23. The molecule has 0 saturated heterocycles. The van der Waals surface area contributed by atoms with Gasteiger partial charge in [0.25, 0.3) is 0 Å². The minimum absolute atomic E-state index is 0.00744. The van der Waals surface area contributed by atoms with Crippen LogP contribution in [0.1, 0.15) is 18.2 Å². The average Bonchev–Trinajstić information content (AvgIpc) is 2.92. The quantitative estimate of drug-likeness (QED) is 0.850. The van der Waals surface area contributed by atoms with Gasteiger partial charge in [-0.25, -0.2) is 4.98 Å². The fraction of sp³-hybridized carbons (Fsp3) is 0.333. The molecule has 2 aromatic rings. The third kappa shape index (κ3) is 3.95. The summed E-state index contributed by atoms with van der Waals surface area (Å²) in [4.78, 5) is 15.7. The second-order valence-electron chi connectivity index (χ2n) is 4.42. The maximum atomic E-state index is 10.7. The number of nitrogens with zero attached hydrogens (tertiary/aromatic N) is 1. The van der Waals surface area contributed by atoms with Gasteiger partial charge >= 0.3 is 5.97 Å². The Kier molecular flexibility index (Phi) is 5.16. The first-order valence-electron chi connectivity index (χ1n) is 6.61. The third-order valence-corrected chi connectivity index (χ3v) is 3.80. The van der Waals surface area contributed by atoms with Crippen LogP contribution in [0.15, 0.2) is 24.4 Å². The minimum atomic E-state index is -0.855. The van der Waals surface area contributed by atoms with Crippen molar-refractivity contribution in [3.05, 3.63) is 29.3 Å². The summed E-state index contributed by atoms with van der Waals surface area (Å²) >= 11 is 1.37. The molecule has 0 saturated carbocycles. The maximum Gasteiger partial charge on any atom is 0.308 e. The number of ether oxygens (including phenoxy) is 2. The highest BCUT2D eigenvalue weighted by Gasteiger charge is 2.11. The lowest BCUT2D eigenvalue weighted by Gasteiger charge is -2.10. The zero-order valence-electron chi connectivity index (χ0n) is 12.0. The van der Waals surface area contributed by atoms with Gasteiger partial charge in [-0.2, -0.15) is 0 Å². The molecule has 0 amide bonds. The molecule has 6 heteroatoms. The summed E-state index contributed by atoms with van der Waals surface area (Å²) < 4.78 is 10.9. The molecule has 112 valence electrons. The van der Waals surface area contributed by atoms with Crippen LogP contribution in [0, 0.1) is 0 Å². The summed E-state index contributed by atoms with van der Waals surface area (Å²) in [5.41, 5.74) is 0.886. The van der Waals surface area contributed by atoms with Crippen molar-refractivity contribution < 1.29 is 19.4 Å². The number of hydrogen-bond donors (Lipinski definition) is 1. The van der Waals surface area contributed by atoms with Crippen molar-refractivity contribution in [2.24, 2.45) is 0 Å². The zero-order chi connectivity index (χ0) is 15.2. The predicted octanol–water partition coefficient (Wildman–Crippen LogP) is 3.23. The fourth-order valence-corrected chi connectivity index (χ4v) is 2.70. The van der Waals surface area contributed by atoms with Crippen molar-refractivity contribution in [1.29, 1.82) is 0 Å². The topological polar surface area (TPSA) is 68.7 Å². The normalized spacial score (nSPS) is 10.4. The number of thiazole rings is 1. The Hall–Kier alpha value is -2.08. The smallest absolute Gasteiger partial charge is 0.308 e. The Morgan fingerprint density at radius 1 is 1.38 bits per heavy atom. The molecular formula is C15H17NO4S. The summed E-state index contributed by atoms with van der Waals surface area (Å²) in [5.74, 6) is 0.493. The molecule has 1 heterocycles. The molecule has 1 aromatic carbocycles. The molecule has 0 atom stereocenters. The highest BCUT2D eigenvalue weighted by Crippen LogP contribution is 2.34. The van der Waals surface area contributed by atoms with Gasteiger partial charge in [-0.05, 0) is 24.6 Å². The van der Waals surface area contributed by atoms with Crippen LogP contribution in [-0.2, 0) is 11.2 Å². The number of aliphatic carboxylic acids is 1. The van der Waals surface area contributed by atoms with Crippen LogP contribution >= 0.6 is 11.3 Å². The van der Waals surface area contributed by atoms with Gasteiger partial charge < -0.3 is 14.6 Å². The van der Waals surface area contributed by atoms with Crippen LogP contribution in [0.25, 0.3) is 10.6 Å². The van der Waals surface area contributed by atoms with Crippen LogP contribution in [-0.4, -0.2) is 29.8 Å². The molecule has 1 aromatic heterocycles. The summed E-state index contributed by atoms with van der Waals surface area (Å²) in [7, 11) is 1.59. The Labute approximate surface area is 127 Å². The highest BCUT2D eigenvalue weighted by molar-refractivity contribution is 7.15. The molecule has 0 aliphatic rings. The van der Waals surface area contributed by atoms with Gasteiger partial charge in [0.05, 0.1) is 20.1 Å². The largest absolute Gasteiger partial charge is 0.493 e. The number of methoxy groups -OCH3 is 1. The van der Waals surface area contributed by atoms with E-state index in [4.69, 9.17) is 14.6 Å². The fourth-order valence-electron chi connectivity index (χ4n) is 1.80. The highest BCUT2D eigenvalue weighted by atomic mass is 32.1. The standard InChI is InChI=1S/C15H17NO4S/c1-3-6-20-12-5-4-10(7-13(12)19-2)15-16-9-11(21-15)8-14(17)18/h4-5,7,9H,3,6,8H2,1-2H3,(H,17,18). The molecule has 1 N–H and O–H groups in total. The van der Waals surface area contributed by atoms with E-state index in [0.717, 1.165) is 21.9 Å². The van der Waals surface area contributed by atoms with Gasteiger partial charge in [0, 0.05) is 16.6 Å². The first-order chi connectivity index (χ1) is 10.1. The summed E-state index contributed by atoms with van der Waals surface area (Å²) in [6.07, 6.45) is 2.52. The molecule has 0 spiro atoms. The lowest BCUT2D eigenvalue weighted by Crippen LogP contribution is -1.97. The molecule has 0 radical (unpaired) electrons. The van der Waals surface area contributed by atoms with Gasteiger partial charge in [-0.15, -0.1) is 11.3 Å². The summed E-state index contributed by atoms with van der Waals surface area (Å²) in [6.45, 7) is 2.68. The molecule has 5 nitrogen and oxygen atoms in total. The molecule has 0 fully saturated rings. The second kappa shape index (κ2) is 7.08. The molecular weight excluding hydrogens is 290 g/mol. The molecule has 21 heavy (non-hydrogen) atoms. The van der Waals surface area contributed by atoms with E-state index in [0.29, 0.717) is 18.1 Å². The number of carboxylic acid groups (broad SMARTS) is 1.